The lowest BCUT2D eigenvalue weighted by molar-refractivity contribution is 0.0526. The van der Waals surface area contributed by atoms with Gasteiger partial charge in [0, 0.05) is 24.1 Å². The van der Waals surface area contributed by atoms with Crippen LogP contribution in [0.2, 0.25) is 0 Å². The molecule has 0 bridgehead atoms. The summed E-state index contributed by atoms with van der Waals surface area (Å²) < 4.78 is 6.34. The molecule has 0 unspecified atom stereocenters. The van der Waals surface area contributed by atoms with E-state index < -0.39 is 5.97 Å². The minimum Gasteiger partial charge on any atom is -0.462 e. The van der Waals surface area contributed by atoms with Gasteiger partial charge in [-0.15, -0.1) is 0 Å². The van der Waals surface area contributed by atoms with Gasteiger partial charge in [-0.1, -0.05) is 0 Å². The van der Waals surface area contributed by atoms with Gasteiger partial charge >= 0.3 is 5.97 Å². The summed E-state index contributed by atoms with van der Waals surface area (Å²) in [5.41, 5.74) is 6.61. The number of rotatable bonds is 3. The highest BCUT2D eigenvalue weighted by atomic mass is 16.5. The van der Waals surface area contributed by atoms with Crippen molar-refractivity contribution in [2.24, 2.45) is 0 Å². The summed E-state index contributed by atoms with van der Waals surface area (Å²) in [4.78, 5) is 15.5. The second-order valence-corrected chi connectivity index (χ2v) is 3.34. The van der Waals surface area contributed by atoms with Gasteiger partial charge in [-0.3, -0.25) is 0 Å². The van der Waals surface area contributed by atoms with E-state index in [4.69, 9.17) is 10.5 Å². The van der Waals surface area contributed by atoms with Gasteiger partial charge in [-0.2, -0.15) is 5.10 Å². The van der Waals surface area contributed by atoms with Crippen LogP contribution in [0, 0.1) is 0 Å². The fourth-order valence-electron chi connectivity index (χ4n) is 1.33. The molecule has 0 radical (unpaired) electrons. The van der Waals surface area contributed by atoms with E-state index in [2.05, 4.69) is 10.1 Å². The second-order valence-electron chi connectivity index (χ2n) is 3.34. The number of carbonyl (C=O) groups excluding carboxylic acids is 1. The van der Waals surface area contributed by atoms with Crippen LogP contribution in [0.15, 0.2) is 30.7 Å². The summed E-state index contributed by atoms with van der Waals surface area (Å²) in [6.07, 6.45) is 4.57. The summed E-state index contributed by atoms with van der Waals surface area (Å²) in [5, 5.41) is 4.03. The van der Waals surface area contributed by atoms with Gasteiger partial charge in [-0.25, -0.2) is 14.5 Å². The van der Waals surface area contributed by atoms with Gasteiger partial charge in [0.15, 0.2) is 5.82 Å². The molecule has 0 saturated carbocycles. The maximum Gasteiger partial charge on any atom is 0.341 e. The zero-order valence-electron chi connectivity index (χ0n) is 9.33. The van der Waals surface area contributed by atoms with E-state index in [1.165, 1.54) is 10.9 Å². The average molecular weight is 232 g/mol. The fourth-order valence-corrected chi connectivity index (χ4v) is 1.33. The number of hydrogen-bond acceptors (Lipinski definition) is 5. The monoisotopic (exact) mass is 232 g/mol. The average Bonchev–Trinajstić information content (AvgIpc) is 2.78. The molecule has 2 rings (SSSR count). The summed E-state index contributed by atoms with van der Waals surface area (Å²) in [7, 11) is 0. The molecule has 0 atom stereocenters. The molecule has 2 aromatic heterocycles. The van der Waals surface area contributed by atoms with Crippen LogP contribution in [0.4, 0.5) is 5.69 Å². The fraction of sp³-hybridized carbons (Fsp3) is 0.182. The highest BCUT2D eigenvalue weighted by Crippen LogP contribution is 2.09. The zero-order valence-corrected chi connectivity index (χ0v) is 9.33. The number of esters is 1. The number of nitrogens with two attached hydrogens (primary N) is 1. The lowest BCUT2D eigenvalue weighted by Gasteiger charge is -2.00. The van der Waals surface area contributed by atoms with E-state index in [9.17, 15) is 4.79 Å². The first kappa shape index (κ1) is 11.1. The molecule has 17 heavy (non-hydrogen) atoms. The zero-order chi connectivity index (χ0) is 12.3. The Labute approximate surface area is 98.0 Å². The topological polar surface area (TPSA) is 83.0 Å². The van der Waals surface area contributed by atoms with E-state index in [1.807, 2.05) is 0 Å². The smallest absolute Gasteiger partial charge is 0.341 e. The molecule has 0 spiro atoms. The van der Waals surface area contributed by atoms with Crippen molar-refractivity contribution in [3.05, 3.63) is 36.3 Å². The summed E-state index contributed by atoms with van der Waals surface area (Å²) in [5.74, 6) is 0.156. The Morgan fingerprint density at radius 1 is 1.59 bits per heavy atom. The molecule has 0 amide bonds. The van der Waals surface area contributed by atoms with Crippen molar-refractivity contribution < 1.29 is 9.53 Å². The Hall–Kier alpha value is -2.37. The Kier molecular flexibility index (Phi) is 3.04. The molecule has 0 aliphatic heterocycles. The number of hydrogen-bond donors (Lipinski definition) is 1. The highest BCUT2D eigenvalue weighted by molar-refractivity contribution is 5.88. The first-order valence-corrected chi connectivity index (χ1v) is 5.14. The molecule has 0 aliphatic carbocycles. The number of ether oxygens (including phenoxy) is 1. The quantitative estimate of drug-likeness (QED) is 0.799. The lowest BCUT2D eigenvalue weighted by Crippen LogP contribution is -2.03. The SMILES string of the molecule is CCOC(=O)c1cnn(-c2cc(N)ccn2)c1. The minimum absolute atomic E-state index is 0.334. The lowest BCUT2D eigenvalue weighted by atomic mass is 10.4. The molecule has 0 fully saturated rings. The summed E-state index contributed by atoms with van der Waals surface area (Å²) >= 11 is 0. The normalized spacial score (nSPS) is 10.2. The molecular formula is C11H12N4O2. The van der Waals surface area contributed by atoms with E-state index in [1.54, 1.807) is 31.5 Å². The van der Waals surface area contributed by atoms with E-state index >= 15 is 0 Å². The molecule has 2 heterocycles. The highest BCUT2D eigenvalue weighted by Gasteiger charge is 2.10. The number of pyridine rings is 1. The van der Waals surface area contributed by atoms with Crippen molar-refractivity contribution >= 4 is 11.7 Å². The number of aromatic nitrogens is 3. The molecule has 0 saturated heterocycles. The van der Waals surface area contributed by atoms with E-state index in [-0.39, 0.29) is 0 Å². The second kappa shape index (κ2) is 4.65. The molecular weight excluding hydrogens is 220 g/mol. The van der Waals surface area contributed by atoms with Crippen LogP contribution >= 0.6 is 0 Å². The largest absolute Gasteiger partial charge is 0.462 e. The van der Waals surface area contributed by atoms with Crippen molar-refractivity contribution in [1.82, 2.24) is 14.8 Å². The van der Waals surface area contributed by atoms with E-state index in [0.717, 1.165) is 0 Å². The number of carbonyl (C=O) groups is 1. The Balaban J connectivity index is 2.27. The predicted molar refractivity (Wildman–Crippen MR) is 61.7 cm³/mol. The van der Waals surface area contributed by atoms with Crippen LogP contribution in [0.3, 0.4) is 0 Å². The maximum atomic E-state index is 11.4. The number of anilines is 1. The van der Waals surface area contributed by atoms with Gasteiger partial charge in [0.2, 0.25) is 0 Å². The van der Waals surface area contributed by atoms with E-state index in [0.29, 0.717) is 23.7 Å². The third kappa shape index (κ3) is 2.41. The van der Waals surface area contributed by atoms with Crippen molar-refractivity contribution in [2.75, 3.05) is 12.3 Å². The van der Waals surface area contributed by atoms with Gasteiger partial charge in [0.25, 0.3) is 0 Å². The molecule has 6 heteroatoms. The van der Waals surface area contributed by atoms with Crippen molar-refractivity contribution in [3.8, 4) is 5.82 Å². The van der Waals surface area contributed by atoms with Crippen molar-refractivity contribution in [3.63, 3.8) is 0 Å². The molecule has 2 aromatic rings. The molecule has 0 aromatic carbocycles. The van der Waals surface area contributed by atoms with Crippen molar-refractivity contribution in [1.29, 1.82) is 0 Å². The first-order valence-electron chi connectivity index (χ1n) is 5.14. The predicted octanol–water partition coefficient (Wildman–Crippen LogP) is 1.03. The van der Waals surface area contributed by atoms with Gasteiger partial charge < -0.3 is 10.5 Å². The van der Waals surface area contributed by atoms with Crippen molar-refractivity contribution in [2.45, 2.75) is 6.92 Å². The van der Waals surface area contributed by atoms with Crippen LogP contribution in [0.5, 0.6) is 0 Å². The number of nitrogen functional groups attached to an aromatic ring is 1. The van der Waals surface area contributed by atoms with Crippen LogP contribution in [-0.4, -0.2) is 27.3 Å². The maximum absolute atomic E-state index is 11.4. The summed E-state index contributed by atoms with van der Waals surface area (Å²) in [6, 6.07) is 3.35. The molecule has 0 aliphatic rings. The number of nitrogens with zero attached hydrogens (tertiary/aromatic N) is 3. The third-order valence-electron chi connectivity index (χ3n) is 2.10. The Morgan fingerprint density at radius 2 is 2.41 bits per heavy atom. The van der Waals surface area contributed by atoms with Crippen LogP contribution in [0.25, 0.3) is 5.82 Å². The van der Waals surface area contributed by atoms with Gasteiger partial charge in [-0.05, 0) is 13.0 Å². The third-order valence-corrected chi connectivity index (χ3v) is 2.10. The minimum atomic E-state index is -0.400. The molecule has 88 valence electrons. The van der Waals surface area contributed by atoms with Gasteiger partial charge in [0.05, 0.1) is 18.4 Å². The molecule has 6 nitrogen and oxygen atoms in total. The molecule has 2 N–H and O–H groups in total. The summed E-state index contributed by atoms with van der Waals surface area (Å²) in [6.45, 7) is 2.09. The van der Waals surface area contributed by atoms with Crippen LogP contribution < -0.4 is 5.73 Å². The van der Waals surface area contributed by atoms with Gasteiger partial charge in [0.1, 0.15) is 0 Å². The standard InChI is InChI=1S/C11H12N4O2/c1-2-17-11(16)8-6-14-15(7-8)10-5-9(12)3-4-13-10/h3-7H,2H2,1H3,(H2,12,13). The Morgan fingerprint density at radius 3 is 3.12 bits per heavy atom. The van der Waals surface area contributed by atoms with Crippen LogP contribution in [-0.2, 0) is 4.74 Å². The van der Waals surface area contributed by atoms with Crippen LogP contribution in [0.1, 0.15) is 17.3 Å². The first-order chi connectivity index (χ1) is 8.20. The Bertz CT molecular complexity index is 536.